The Hall–Kier alpha value is -2.73. The van der Waals surface area contributed by atoms with Crippen molar-refractivity contribution in [3.05, 3.63) is 97.2 Å². The number of amides is 1. The zero-order chi connectivity index (χ0) is 33.1. The molecule has 0 aliphatic carbocycles. The van der Waals surface area contributed by atoms with E-state index in [0.717, 1.165) is 44.9 Å². The summed E-state index contributed by atoms with van der Waals surface area (Å²) in [6, 6.07) is -0.755. The summed E-state index contributed by atoms with van der Waals surface area (Å²) in [5.41, 5.74) is 0. The number of aliphatic hydroxyl groups is 3. The largest absolute Gasteiger partial charge is 0.394 e. The number of rotatable bonds is 29. The number of nitrogens with one attached hydrogen (secondary N) is 1. The number of allylic oxidation sites excluding steroid dienone is 14. The highest BCUT2D eigenvalue weighted by molar-refractivity contribution is 5.76. The minimum Gasteiger partial charge on any atom is -0.394 e. The summed E-state index contributed by atoms with van der Waals surface area (Å²) in [5.74, 6) is -0.301. The molecule has 0 saturated heterocycles. The van der Waals surface area contributed by atoms with Crippen LogP contribution >= 0.6 is 0 Å². The van der Waals surface area contributed by atoms with Gasteiger partial charge in [-0.25, -0.2) is 0 Å². The van der Waals surface area contributed by atoms with Crippen LogP contribution in [0.3, 0.4) is 0 Å². The second-order valence-corrected chi connectivity index (χ2v) is 11.4. The smallest absolute Gasteiger partial charge is 0.220 e. The first-order chi connectivity index (χ1) is 22.0. The number of hydrogen-bond donors (Lipinski definition) is 4. The molecule has 0 saturated carbocycles. The van der Waals surface area contributed by atoms with Crippen LogP contribution < -0.4 is 5.32 Å². The van der Waals surface area contributed by atoms with Gasteiger partial charge >= 0.3 is 0 Å². The summed E-state index contributed by atoms with van der Waals surface area (Å²) < 4.78 is 0. The number of unbranched alkanes of at least 4 members (excludes halogenated alkanes) is 8. The van der Waals surface area contributed by atoms with Crippen molar-refractivity contribution in [2.45, 2.75) is 141 Å². The summed E-state index contributed by atoms with van der Waals surface area (Å²) in [4.78, 5) is 12.3. The van der Waals surface area contributed by atoms with Crippen LogP contribution in [0.25, 0.3) is 0 Å². The minimum absolute atomic E-state index is 0.110. The van der Waals surface area contributed by atoms with E-state index >= 15 is 0 Å². The van der Waals surface area contributed by atoms with Crippen LogP contribution in [0.1, 0.15) is 123 Å². The van der Waals surface area contributed by atoms with Crippen molar-refractivity contribution < 1.29 is 20.1 Å². The molecule has 0 aliphatic rings. The molecule has 45 heavy (non-hydrogen) atoms. The van der Waals surface area contributed by atoms with Gasteiger partial charge in [-0.05, 0) is 70.6 Å². The van der Waals surface area contributed by atoms with Crippen molar-refractivity contribution in [1.82, 2.24) is 5.32 Å². The normalized spacial score (nSPS) is 15.0. The van der Waals surface area contributed by atoms with Crippen LogP contribution in [0.5, 0.6) is 0 Å². The van der Waals surface area contributed by atoms with Gasteiger partial charge in [0.25, 0.3) is 0 Å². The van der Waals surface area contributed by atoms with Gasteiger partial charge in [-0.2, -0.15) is 0 Å². The van der Waals surface area contributed by atoms with E-state index in [-0.39, 0.29) is 25.4 Å². The molecule has 0 bridgehead atoms. The molecule has 0 fully saturated rings. The molecule has 0 aliphatic heterocycles. The van der Waals surface area contributed by atoms with Gasteiger partial charge in [-0.1, -0.05) is 143 Å². The first kappa shape index (κ1) is 42.3. The maximum absolute atomic E-state index is 12.3. The van der Waals surface area contributed by atoms with Crippen molar-refractivity contribution in [1.29, 1.82) is 0 Å². The van der Waals surface area contributed by atoms with Crippen molar-refractivity contribution in [3.63, 3.8) is 0 Å². The standard InChI is InChI=1S/C40H65NO4/c1-3-5-7-9-11-13-15-17-18-19-21-22-24-26-28-30-32-37(43)34-35-40(45)41-38(36-42)39(44)33-31-29-27-25-23-20-16-14-12-10-8-6-4-2/h5,7-8,10-11,13,17-18,21-22,26,28,30-33,37-39,42-44H,3-4,6,9,12,14-16,19-20,23-25,27,29,34-36H2,1-2H3,(H,41,45)/b7-5-,10-8-,13-11-,18-17-,22-21-,28-26-,32-30-,33-31+/t37?,38-,39+/m0/s1. The first-order valence-electron chi connectivity index (χ1n) is 17.6. The lowest BCUT2D eigenvalue weighted by Gasteiger charge is -2.20. The monoisotopic (exact) mass is 623 g/mol. The maximum Gasteiger partial charge on any atom is 0.220 e. The molecule has 0 aromatic rings. The molecule has 5 nitrogen and oxygen atoms in total. The number of carbonyl (C=O) groups is 1. The Kier molecular flexibility index (Phi) is 32.1. The average Bonchev–Trinajstić information content (AvgIpc) is 3.04. The van der Waals surface area contributed by atoms with Gasteiger partial charge in [0.15, 0.2) is 0 Å². The van der Waals surface area contributed by atoms with E-state index in [1.165, 1.54) is 51.4 Å². The molecule has 0 aromatic heterocycles. The fourth-order valence-electron chi connectivity index (χ4n) is 4.40. The Morgan fingerprint density at radius 2 is 1.16 bits per heavy atom. The van der Waals surface area contributed by atoms with Crippen molar-refractivity contribution in [2.75, 3.05) is 6.61 Å². The van der Waals surface area contributed by atoms with Crippen LogP contribution in [0.2, 0.25) is 0 Å². The zero-order valence-electron chi connectivity index (χ0n) is 28.4. The lowest BCUT2D eigenvalue weighted by Crippen LogP contribution is -2.45. The third-order valence-electron chi connectivity index (χ3n) is 7.14. The lowest BCUT2D eigenvalue weighted by molar-refractivity contribution is -0.123. The van der Waals surface area contributed by atoms with E-state index in [1.54, 1.807) is 18.2 Å². The quantitative estimate of drug-likeness (QED) is 0.0380. The third-order valence-corrected chi connectivity index (χ3v) is 7.14. The SMILES string of the molecule is CC/C=C\C/C=C\C/C=C\C/C=C\C/C=C\C=C/C(O)CCC(=O)N[C@@H](CO)[C@H](O)/C=C/CCCCCCCC/C=C\CCC. The molecule has 5 heteroatoms. The fourth-order valence-corrected chi connectivity index (χ4v) is 4.40. The average molecular weight is 624 g/mol. The number of carbonyl (C=O) groups excluding carboxylic acids is 1. The Morgan fingerprint density at radius 1 is 0.622 bits per heavy atom. The third kappa shape index (κ3) is 31.1. The second-order valence-electron chi connectivity index (χ2n) is 11.4. The van der Waals surface area contributed by atoms with Crippen molar-refractivity contribution in [2.24, 2.45) is 0 Å². The fraction of sp³-hybridized carbons (Fsp3) is 0.575. The van der Waals surface area contributed by atoms with Gasteiger partial charge in [0.2, 0.25) is 5.91 Å². The minimum atomic E-state index is -0.945. The van der Waals surface area contributed by atoms with Crippen molar-refractivity contribution >= 4 is 5.91 Å². The van der Waals surface area contributed by atoms with Gasteiger partial charge in [0.05, 0.1) is 24.9 Å². The van der Waals surface area contributed by atoms with E-state index in [0.29, 0.717) is 0 Å². The number of hydrogen-bond acceptors (Lipinski definition) is 4. The second kappa shape index (κ2) is 34.1. The Balaban J connectivity index is 3.99. The zero-order valence-corrected chi connectivity index (χ0v) is 28.4. The molecule has 4 N–H and O–H groups in total. The highest BCUT2D eigenvalue weighted by atomic mass is 16.3. The molecule has 3 atom stereocenters. The van der Waals surface area contributed by atoms with Gasteiger partial charge in [0.1, 0.15) is 0 Å². The predicted molar refractivity (Wildman–Crippen MR) is 194 cm³/mol. The molecule has 0 heterocycles. The van der Waals surface area contributed by atoms with Crippen LogP contribution in [-0.4, -0.2) is 46.1 Å². The van der Waals surface area contributed by atoms with Crippen LogP contribution in [0.4, 0.5) is 0 Å². The molecule has 0 aromatic carbocycles. The van der Waals surface area contributed by atoms with Crippen LogP contribution in [0.15, 0.2) is 97.2 Å². The van der Waals surface area contributed by atoms with Gasteiger partial charge < -0.3 is 20.6 Å². The highest BCUT2D eigenvalue weighted by Crippen LogP contribution is 2.10. The van der Waals surface area contributed by atoms with Crippen LogP contribution in [-0.2, 0) is 4.79 Å². The van der Waals surface area contributed by atoms with Gasteiger partial charge in [-0.15, -0.1) is 0 Å². The molecule has 1 unspecified atom stereocenters. The summed E-state index contributed by atoms with van der Waals surface area (Å²) in [5, 5.41) is 32.9. The maximum atomic E-state index is 12.3. The summed E-state index contributed by atoms with van der Waals surface area (Å²) in [7, 11) is 0. The van der Waals surface area contributed by atoms with Crippen LogP contribution in [0, 0.1) is 0 Å². The number of aliphatic hydroxyl groups excluding tert-OH is 3. The molecule has 1 amide bonds. The molecule has 0 radical (unpaired) electrons. The van der Waals surface area contributed by atoms with E-state index < -0.39 is 18.2 Å². The predicted octanol–water partition coefficient (Wildman–Crippen LogP) is 9.31. The molecule has 0 spiro atoms. The van der Waals surface area contributed by atoms with Gasteiger partial charge in [-0.3, -0.25) is 4.79 Å². The van der Waals surface area contributed by atoms with E-state index in [2.05, 4.69) is 79.9 Å². The Labute approximate surface area is 276 Å². The molecular weight excluding hydrogens is 558 g/mol. The van der Waals surface area contributed by atoms with E-state index in [9.17, 15) is 20.1 Å². The summed E-state index contributed by atoms with van der Waals surface area (Å²) in [6.07, 6.45) is 48.1. The summed E-state index contributed by atoms with van der Waals surface area (Å²) in [6.45, 7) is 3.99. The topological polar surface area (TPSA) is 89.8 Å². The summed E-state index contributed by atoms with van der Waals surface area (Å²) >= 11 is 0. The molecule has 0 rings (SSSR count). The molecule has 254 valence electrons. The van der Waals surface area contributed by atoms with E-state index in [1.807, 2.05) is 18.2 Å². The van der Waals surface area contributed by atoms with E-state index in [4.69, 9.17) is 0 Å². The molecular formula is C40H65NO4. The Morgan fingerprint density at radius 3 is 1.73 bits per heavy atom. The first-order valence-corrected chi connectivity index (χ1v) is 17.6. The van der Waals surface area contributed by atoms with Gasteiger partial charge in [0, 0.05) is 6.42 Å². The van der Waals surface area contributed by atoms with Crippen molar-refractivity contribution in [3.8, 4) is 0 Å². The Bertz CT molecular complexity index is 909. The highest BCUT2D eigenvalue weighted by Gasteiger charge is 2.18. The lowest BCUT2D eigenvalue weighted by atomic mass is 10.1.